The minimum atomic E-state index is 0.153. The van der Waals surface area contributed by atoms with E-state index in [1.54, 1.807) is 12.1 Å². The van der Waals surface area contributed by atoms with Crippen LogP contribution in [0.25, 0.3) is 0 Å². The second-order valence-corrected chi connectivity index (χ2v) is 3.01. The summed E-state index contributed by atoms with van der Waals surface area (Å²) < 4.78 is 0. The highest BCUT2D eigenvalue weighted by atomic mass is 16.3. The lowest BCUT2D eigenvalue weighted by molar-refractivity contribution is 0.475. The van der Waals surface area contributed by atoms with Crippen LogP contribution in [0.4, 0.5) is 0 Å². The van der Waals surface area contributed by atoms with E-state index in [-0.39, 0.29) is 11.8 Å². The number of rotatable bonds is 1. The van der Waals surface area contributed by atoms with Crippen LogP contribution in [0, 0.1) is 0 Å². The molecule has 1 aromatic rings. The van der Waals surface area contributed by atoms with Gasteiger partial charge in [-0.2, -0.15) is 0 Å². The van der Waals surface area contributed by atoms with Gasteiger partial charge in [-0.1, -0.05) is 12.1 Å². The molecular weight excluding hydrogens is 166 g/mol. The van der Waals surface area contributed by atoms with Crippen molar-refractivity contribution in [2.45, 2.75) is 6.04 Å². The Morgan fingerprint density at radius 2 is 2.08 bits per heavy atom. The maximum absolute atomic E-state index is 9.08. The monoisotopic (exact) mass is 177 g/mol. The van der Waals surface area contributed by atoms with Gasteiger partial charge in [0.2, 0.25) is 0 Å². The fourth-order valence-electron chi connectivity index (χ4n) is 1.35. The molecule has 1 unspecified atom stereocenters. The third-order valence-corrected chi connectivity index (χ3v) is 2.06. The molecule has 0 fully saturated rings. The van der Waals surface area contributed by atoms with Crippen LogP contribution in [0.2, 0.25) is 0 Å². The van der Waals surface area contributed by atoms with Crippen LogP contribution in [0.5, 0.6) is 5.75 Å². The summed E-state index contributed by atoms with van der Waals surface area (Å²) in [4.78, 5) is 4.04. The van der Waals surface area contributed by atoms with Crippen molar-refractivity contribution in [2.75, 3.05) is 6.54 Å². The lowest BCUT2D eigenvalue weighted by Gasteiger charge is -2.10. The summed E-state index contributed by atoms with van der Waals surface area (Å²) in [6.07, 6.45) is 0. The number of nitrogens with one attached hydrogen (secondary N) is 1. The number of guanidine groups is 1. The molecule has 0 radical (unpaired) electrons. The number of hydrogen-bond acceptors (Lipinski definition) is 4. The molecule has 0 aliphatic carbocycles. The van der Waals surface area contributed by atoms with Gasteiger partial charge in [-0.25, -0.2) is 0 Å². The van der Waals surface area contributed by atoms with Crippen LogP contribution in [0.15, 0.2) is 29.3 Å². The lowest BCUT2D eigenvalue weighted by atomic mass is 10.1. The van der Waals surface area contributed by atoms with Crippen molar-refractivity contribution < 1.29 is 5.11 Å². The molecule has 0 saturated carbocycles. The van der Waals surface area contributed by atoms with E-state index in [0.29, 0.717) is 12.5 Å². The fourth-order valence-corrected chi connectivity index (χ4v) is 1.35. The minimum absolute atomic E-state index is 0.153. The van der Waals surface area contributed by atoms with E-state index in [2.05, 4.69) is 10.3 Å². The van der Waals surface area contributed by atoms with Crippen LogP contribution in [0.3, 0.4) is 0 Å². The quantitative estimate of drug-likeness (QED) is 0.579. The van der Waals surface area contributed by atoms with Crippen LogP contribution in [-0.4, -0.2) is 17.6 Å². The second-order valence-electron chi connectivity index (χ2n) is 3.01. The molecule has 1 atom stereocenters. The molecule has 4 nitrogen and oxygen atoms in total. The minimum Gasteiger partial charge on any atom is -0.508 e. The standard InChI is InChI=1S/C9H11N3O/c10-9-11-5-8(12-9)6-1-3-7(13)4-2-6/h1-4,8,13H,5H2,(H3,10,11,12). The first-order valence-corrected chi connectivity index (χ1v) is 4.11. The van der Waals surface area contributed by atoms with Gasteiger partial charge in [-0.05, 0) is 17.7 Å². The Morgan fingerprint density at radius 1 is 1.38 bits per heavy atom. The summed E-state index contributed by atoms with van der Waals surface area (Å²) in [6, 6.07) is 7.19. The Balaban J connectivity index is 2.14. The van der Waals surface area contributed by atoms with Gasteiger partial charge in [0.05, 0.1) is 12.6 Å². The first-order valence-electron chi connectivity index (χ1n) is 4.11. The van der Waals surface area contributed by atoms with Crippen LogP contribution in [0.1, 0.15) is 11.6 Å². The molecule has 4 heteroatoms. The highest BCUT2D eigenvalue weighted by molar-refractivity contribution is 5.80. The fraction of sp³-hybridized carbons (Fsp3) is 0.222. The van der Waals surface area contributed by atoms with E-state index in [0.717, 1.165) is 5.56 Å². The van der Waals surface area contributed by atoms with Crippen molar-refractivity contribution in [1.82, 2.24) is 5.32 Å². The molecular formula is C9H11N3O. The summed E-state index contributed by atoms with van der Waals surface area (Å²) in [7, 11) is 0. The van der Waals surface area contributed by atoms with Crippen molar-refractivity contribution in [2.24, 2.45) is 10.7 Å². The smallest absolute Gasteiger partial charge is 0.189 e. The Morgan fingerprint density at radius 3 is 2.62 bits per heavy atom. The maximum atomic E-state index is 9.08. The number of aromatic hydroxyl groups is 1. The third kappa shape index (κ3) is 1.56. The Kier molecular flexibility index (Phi) is 1.81. The molecule has 0 amide bonds. The second kappa shape index (κ2) is 2.97. The van der Waals surface area contributed by atoms with Gasteiger partial charge in [0, 0.05) is 0 Å². The van der Waals surface area contributed by atoms with Crippen molar-refractivity contribution in [1.29, 1.82) is 0 Å². The van der Waals surface area contributed by atoms with Crippen molar-refractivity contribution in [3.05, 3.63) is 29.8 Å². The van der Waals surface area contributed by atoms with E-state index < -0.39 is 0 Å². The van der Waals surface area contributed by atoms with Gasteiger partial charge < -0.3 is 16.2 Å². The maximum Gasteiger partial charge on any atom is 0.189 e. The predicted octanol–water partition coefficient (Wildman–Crippen LogP) is 0.351. The van der Waals surface area contributed by atoms with Gasteiger partial charge in [0.25, 0.3) is 0 Å². The number of phenols is 1. The highest BCUT2D eigenvalue weighted by Gasteiger charge is 2.16. The molecule has 1 aliphatic heterocycles. The normalized spacial score (nSPS) is 20.9. The van der Waals surface area contributed by atoms with Gasteiger partial charge in [0.15, 0.2) is 5.96 Å². The Hall–Kier alpha value is -1.71. The Labute approximate surface area is 76.1 Å². The molecule has 13 heavy (non-hydrogen) atoms. The summed E-state index contributed by atoms with van der Waals surface area (Å²) in [5.41, 5.74) is 6.57. The van der Waals surface area contributed by atoms with Gasteiger partial charge in [0.1, 0.15) is 5.75 Å². The van der Waals surface area contributed by atoms with Crippen molar-refractivity contribution in [3.8, 4) is 5.75 Å². The zero-order valence-corrected chi connectivity index (χ0v) is 7.07. The largest absolute Gasteiger partial charge is 0.508 e. The molecule has 1 heterocycles. The van der Waals surface area contributed by atoms with E-state index in [9.17, 15) is 0 Å². The number of hydrogen-bond donors (Lipinski definition) is 3. The van der Waals surface area contributed by atoms with Crippen LogP contribution >= 0.6 is 0 Å². The number of nitrogens with zero attached hydrogens (tertiary/aromatic N) is 1. The zero-order valence-electron chi connectivity index (χ0n) is 7.07. The predicted molar refractivity (Wildman–Crippen MR) is 50.5 cm³/mol. The molecule has 68 valence electrons. The Bertz CT molecular complexity index is 331. The number of phenolic OH excluding ortho intramolecular Hbond substituents is 1. The van der Waals surface area contributed by atoms with Crippen LogP contribution in [-0.2, 0) is 0 Å². The molecule has 1 aromatic carbocycles. The lowest BCUT2D eigenvalue weighted by Crippen LogP contribution is -2.29. The SMILES string of the molecule is NC1=NCC(c2ccc(O)cc2)N1. The molecule has 0 aromatic heterocycles. The molecule has 4 N–H and O–H groups in total. The molecule has 1 aliphatic rings. The summed E-state index contributed by atoms with van der Waals surface area (Å²) >= 11 is 0. The average Bonchev–Trinajstić information content (AvgIpc) is 2.53. The van der Waals surface area contributed by atoms with E-state index in [4.69, 9.17) is 10.8 Å². The summed E-state index contributed by atoms with van der Waals surface area (Å²) in [5.74, 6) is 0.758. The first-order chi connectivity index (χ1) is 6.25. The van der Waals surface area contributed by atoms with Crippen LogP contribution < -0.4 is 11.1 Å². The number of benzene rings is 1. The molecule has 0 spiro atoms. The summed E-state index contributed by atoms with van der Waals surface area (Å²) in [5, 5.41) is 12.1. The van der Waals surface area contributed by atoms with Crippen molar-refractivity contribution in [3.63, 3.8) is 0 Å². The number of nitrogens with two attached hydrogens (primary N) is 1. The average molecular weight is 177 g/mol. The third-order valence-electron chi connectivity index (χ3n) is 2.06. The van der Waals surface area contributed by atoms with E-state index in [1.165, 1.54) is 0 Å². The van der Waals surface area contributed by atoms with Gasteiger partial charge in [-0.15, -0.1) is 0 Å². The van der Waals surface area contributed by atoms with Gasteiger partial charge >= 0.3 is 0 Å². The molecule has 0 saturated heterocycles. The summed E-state index contributed by atoms with van der Waals surface area (Å²) in [6.45, 7) is 0.663. The zero-order chi connectivity index (χ0) is 9.26. The molecule has 0 bridgehead atoms. The van der Waals surface area contributed by atoms with Crippen molar-refractivity contribution >= 4 is 5.96 Å². The van der Waals surface area contributed by atoms with E-state index in [1.807, 2.05) is 12.1 Å². The molecule has 2 rings (SSSR count). The topological polar surface area (TPSA) is 70.6 Å². The first kappa shape index (κ1) is 7.91. The van der Waals surface area contributed by atoms with Gasteiger partial charge in [-0.3, -0.25) is 4.99 Å². The highest BCUT2D eigenvalue weighted by Crippen LogP contribution is 2.18. The van der Waals surface area contributed by atoms with E-state index >= 15 is 0 Å². The number of aliphatic imine (C=N–C) groups is 1.